The van der Waals surface area contributed by atoms with Gasteiger partial charge in [-0.3, -0.25) is 0 Å². The molecule has 1 aromatic heterocycles. The minimum absolute atomic E-state index is 0.619. The smallest absolute Gasteiger partial charge is 0.180 e. The normalized spacial score (nSPS) is 8.07. The van der Waals surface area contributed by atoms with Gasteiger partial charge in [0.05, 0.1) is 5.69 Å². The first-order valence-corrected chi connectivity index (χ1v) is 26.5. The van der Waals surface area contributed by atoms with Crippen LogP contribution in [-0.4, -0.2) is 4.98 Å². The van der Waals surface area contributed by atoms with Crippen molar-refractivity contribution in [2.75, 3.05) is 5.73 Å². The lowest BCUT2D eigenvalue weighted by molar-refractivity contribution is 1.41. The molecule has 0 radical (unpaired) electrons. The van der Waals surface area contributed by atoms with Gasteiger partial charge in [-0.2, -0.15) is 0 Å². The Hall–Kier alpha value is 1.95. The summed E-state index contributed by atoms with van der Waals surface area (Å²) in [6, 6.07) is 10.0. The van der Waals surface area contributed by atoms with Crippen molar-refractivity contribution < 1.29 is 0 Å². The van der Waals surface area contributed by atoms with Crippen molar-refractivity contribution in [2.24, 2.45) is 0 Å². The molecule has 0 atom stereocenters. The van der Waals surface area contributed by atoms with E-state index < -0.39 is 0 Å². The summed E-state index contributed by atoms with van der Waals surface area (Å²) in [6.45, 7) is 4.00. The molecule has 2 rings (SSSR count). The maximum Gasteiger partial charge on any atom is 0.180 e. The first kappa shape index (κ1) is 30.9. The van der Waals surface area contributed by atoms with Crippen LogP contribution in [0.4, 0.5) is 5.13 Å². The van der Waals surface area contributed by atoms with E-state index in [4.69, 9.17) is 28.1 Å². The molecule has 0 aliphatic heterocycles. The molecule has 0 saturated carbocycles. The Balaban J connectivity index is 0.000000504. The predicted octanol–water partition coefficient (Wildman–Crippen LogP) is 3.38. The fourth-order valence-electron chi connectivity index (χ4n) is 1.15. The van der Waals surface area contributed by atoms with Gasteiger partial charge in [-0.05, 0) is 0 Å². The number of nitrogens with two attached hydrogens (primary N) is 1. The molecule has 0 fully saturated rings. The largest absolute Gasteiger partial charge is 0.375 e. The third kappa shape index (κ3) is 19.2. The minimum atomic E-state index is 0.619. The minimum Gasteiger partial charge on any atom is -0.375 e. The van der Waals surface area contributed by atoms with Crippen molar-refractivity contribution >= 4 is 154 Å². The van der Waals surface area contributed by atoms with Crippen LogP contribution in [0.2, 0.25) is 0 Å². The SMILES string of the molecule is CC.Nc1nc(-c2ccccc2)cs1.S=S=S=S=S=S=S=S=S=S=S=S=S=S=S. The van der Waals surface area contributed by atoms with Crippen molar-refractivity contribution in [3.05, 3.63) is 35.7 Å². The fraction of sp³-hybridized carbons (Fsp3) is 0.182. The molecule has 0 amide bonds. The molecule has 2 nitrogen and oxygen atoms in total. The number of nitrogens with zero attached hydrogens (tertiary/aromatic N) is 1. The highest BCUT2D eigenvalue weighted by molar-refractivity contribution is 8.76. The molecular weight excluding hydrogens is 673 g/mol. The molecule has 18 heteroatoms. The van der Waals surface area contributed by atoms with Gasteiger partial charge in [0, 0.05) is 149 Å². The van der Waals surface area contributed by atoms with E-state index in [0.29, 0.717) is 5.13 Å². The van der Waals surface area contributed by atoms with Gasteiger partial charge >= 0.3 is 0 Å². The molecule has 29 heavy (non-hydrogen) atoms. The Kier molecular flexibility index (Phi) is 26.2. The zero-order chi connectivity index (χ0) is 21.6. The molecule has 2 N–H and O–H groups in total. The summed E-state index contributed by atoms with van der Waals surface area (Å²) in [6.07, 6.45) is 0. The van der Waals surface area contributed by atoms with E-state index in [1.165, 1.54) is 29.1 Å². The summed E-state index contributed by atoms with van der Waals surface area (Å²) in [5.41, 5.74) is 7.60. The Bertz CT molecular complexity index is 1220. The second-order valence-electron chi connectivity index (χ2n) is 3.32. The van der Waals surface area contributed by atoms with Crippen LogP contribution in [-0.2, 0) is 138 Å². The summed E-state index contributed by atoms with van der Waals surface area (Å²) in [5.74, 6) is 0. The molecule has 1 heterocycles. The Morgan fingerprint density at radius 1 is 0.724 bits per heavy atom. The first-order valence-electron chi connectivity index (χ1n) is 6.96. The van der Waals surface area contributed by atoms with Crippen LogP contribution in [0.3, 0.4) is 0 Å². The number of anilines is 1. The lowest BCUT2D eigenvalue weighted by Crippen LogP contribution is -1.82. The molecule has 0 aliphatic carbocycles. The molecule has 164 valence electrons. The lowest BCUT2D eigenvalue weighted by Gasteiger charge is -1.92. The van der Waals surface area contributed by atoms with E-state index in [1.807, 2.05) is 49.6 Å². The van der Waals surface area contributed by atoms with Crippen molar-refractivity contribution in [2.45, 2.75) is 13.8 Å². The average Bonchev–Trinajstić information content (AvgIpc) is 3.21. The maximum atomic E-state index is 5.52. The second kappa shape index (κ2) is 24.6. The van der Waals surface area contributed by atoms with Gasteiger partial charge in [-0.25, -0.2) is 4.98 Å². The molecule has 0 aliphatic rings. The predicted molar refractivity (Wildman–Crippen MR) is 174 cm³/mol. The van der Waals surface area contributed by atoms with Crippen LogP contribution in [0.5, 0.6) is 0 Å². The second-order valence-corrected chi connectivity index (χ2v) is 27.2. The van der Waals surface area contributed by atoms with E-state index in [-0.39, 0.29) is 0 Å². The van der Waals surface area contributed by atoms with E-state index in [0.717, 1.165) is 11.3 Å². The van der Waals surface area contributed by atoms with Crippen molar-refractivity contribution in [3.8, 4) is 11.3 Å². The van der Waals surface area contributed by atoms with Crippen LogP contribution in [0, 0.1) is 0 Å². The van der Waals surface area contributed by atoms with Crippen LogP contribution in [0.1, 0.15) is 13.8 Å². The summed E-state index contributed by atoms with van der Waals surface area (Å²) in [4.78, 5) is 4.18. The Labute approximate surface area is 222 Å². The molecule has 0 unspecified atom stereocenters. The van der Waals surface area contributed by atoms with E-state index in [2.05, 4.69) is 4.98 Å². The Morgan fingerprint density at radius 3 is 1.48 bits per heavy atom. The molecular formula is C11H14N2S16. The van der Waals surface area contributed by atoms with Gasteiger partial charge in [0.2, 0.25) is 0 Å². The van der Waals surface area contributed by atoms with Crippen LogP contribution < -0.4 is 5.73 Å². The highest BCUT2D eigenvalue weighted by Gasteiger charge is 1.99. The Morgan fingerprint density at radius 2 is 1.14 bits per heavy atom. The molecule has 0 spiro atoms. The van der Waals surface area contributed by atoms with Crippen LogP contribution >= 0.6 is 11.3 Å². The zero-order valence-corrected chi connectivity index (χ0v) is 27.6. The third-order valence-electron chi connectivity index (χ3n) is 1.92. The van der Waals surface area contributed by atoms with Crippen LogP contribution in [0.25, 0.3) is 11.3 Å². The van der Waals surface area contributed by atoms with Crippen molar-refractivity contribution in [1.29, 1.82) is 0 Å². The molecule has 1 aromatic carbocycles. The maximum absolute atomic E-state index is 5.52. The quantitative estimate of drug-likeness (QED) is 0.500. The molecule has 0 bridgehead atoms. The lowest BCUT2D eigenvalue weighted by atomic mass is 10.2. The topological polar surface area (TPSA) is 38.9 Å². The van der Waals surface area contributed by atoms with Crippen molar-refractivity contribution in [3.63, 3.8) is 0 Å². The standard InChI is InChI=1S/C9H8N2S.C2H6.S15/c10-9-11-8(6-12-9)7-4-2-1-3-5-7;1-2;1-3-5-7-9-11-13-15-14-12-10-8-6-4-2/h1-6H,(H2,10,11);1-2H3;. The molecule has 2 aromatic rings. The number of benzene rings is 1. The first-order chi connectivity index (χ1) is 14.3. The number of thiazole rings is 1. The van der Waals surface area contributed by atoms with Crippen molar-refractivity contribution in [1.82, 2.24) is 4.98 Å². The highest BCUT2D eigenvalue weighted by atomic mass is 33.5. The van der Waals surface area contributed by atoms with E-state index in [1.54, 1.807) is 97.7 Å². The summed E-state index contributed by atoms with van der Waals surface area (Å²) in [7, 11) is 21.7. The summed E-state index contributed by atoms with van der Waals surface area (Å²) < 4.78 is 0. The number of aromatic nitrogens is 1. The van der Waals surface area contributed by atoms with E-state index >= 15 is 0 Å². The van der Waals surface area contributed by atoms with Gasteiger partial charge in [-0.15, -0.1) is 11.3 Å². The average molecular weight is 687 g/mol. The summed E-state index contributed by atoms with van der Waals surface area (Å²) in [5, 5.41) is 2.58. The van der Waals surface area contributed by atoms with Gasteiger partial charge in [0.25, 0.3) is 0 Å². The number of nitrogen functional groups attached to an aromatic ring is 1. The molecule has 0 saturated heterocycles. The van der Waals surface area contributed by atoms with Gasteiger partial charge < -0.3 is 5.73 Å². The van der Waals surface area contributed by atoms with Crippen LogP contribution in [0.15, 0.2) is 35.7 Å². The van der Waals surface area contributed by atoms with Gasteiger partial charge in [0.15, 0.2) is 5.13 Å². The zero-order valence-electron chi connectivity index (χ0n) is 14.5. The van der Waals surface area contributed by atoms with Gasteiger partial charge in [-0.1, -0.05) is 44.2 Å². The fourth-order valence-corrected chi connectivity index (χ4v) is 31.9. The summed E-state index contributed by atoms with van der Waals surface area (Å²) >= 11 is 10.9. The number of hydrogen-bond acceptors (Lipinski definition) is 5. The highest BCUT2D eigenvalue weighted by Crippen LogP contribution is 2.22. The van der Waals surface area contributed by atoms with Gasteiger partial charge in [0.1, 0.15) is 0 Å². The number of rotatable bonds is 1. The monoisotopic (exact) mass is 686 g/mol. The third-order valence-corrected chi connectivity index (χ3v) is 29.3. The number of hydrogen-bond donors (Lipinski definition) is 1. The van der Waals surface area contributed by atoms with E-state index in [9.17, 15) is 0 Å².